The van der Waals surface area contributed by atoms with Crippen molar-refractivity contribution in [2.24, 2.45) is 7.05 Å². The smallest absolute Gasteiger partial charge is 0.356 e. The van der Waals surface area contributed by atoms with Gasteiger partial charge in [0.25, 0.3) is 5.56 Å². The van der Waals surface area contributed by atoms with Crippen molar-refractivity contribution < 1.29 is 18.3 Å². The van der Waals surface area contributed by atoms with Gasteiger partial charge in [-0.1, -0.05) is 17.7 Å². The van der Waals surface area contributed by atoms with E-state index in [1.807, 2.05) is 24.8 Å². The maximum Gasteiger partial charge on any atom is 0.356 e. The lowest BCUT2D eigenvalue weighted by molar-refractivity contribution is 0.0691. The first-order valence-corrected chi connectivity index (χ1v) is 13.5. The third-order valence-corrected chi connectivity index (χ3v) is 7.74. The fourth-order valence-electron chi connectivity index (χ4n) is 4.40. The van der Waals surface area contributed by atoms with Gasteiger partial charge in [0, 0.05) is 38.8 Å². The highest BCUT2D eigenvalue weighted by Gasteiger charge is 2.27. The average Bonchev–Trinajstić information content (AvgIpc) is 2.81. The number of halogens is 1. The van der Waals surface area contributed by atoms with Crippen LogP contribution in [-0.2, 0) is 17.1 Å². The molecule has 1 saturated heterocycles. The number of anilines is 2. The number of hydrogen-bond acceptors (Lipinski definition) is 8. The highest BCUT2D eigenvalue weighted by molar-refractivity contribution is 7.88. The van der Waals surface area contributed by atoms with E-state index in [-0.39, 0.29) is 22.1 Å². The van der Waals surface area contributed by atoms with E-state index in [0.29, 0.717) is 48.6 Å². The first kappa shape index (κ1) is 25.9. The zero-order chi connectivity index (χ0) is 26.4. The minimum Gasteiger partial charge on any atom is -0.476 e. The predicted octanol–water partition coefficient (Wildman–Crippen LogP) is 2.24. The minimum absolute atomic E-state index is 0.0670. The molecule has 192 valence electrons. The molecule has 1 aliphatic rings. The summed E-state index contributed by atoms with van der Waals surface area (Å²) in [5.74, 6) is -0.777. The second-order valence-corrected chi connectivity index (χ2v) is 11.2. The number of pyridine rings is 1. The van der Waals surface area contributed by atoms with Crippen LogP contribution in [0.5, 0.6) is 0 Å². The zero-order valence-electron chi connectivity index (χ0n) is 20.3. The van der Waals surface area contributed by atoms with E-state index in [9.17, 15) is 23.1 Å². The number of carboxylic acid groups (broad SMARTS) is 1. The zero-order valence-corrected chi connectivity index (χ0v) is 21.9. The largest absolute Gasteiger partial charge is 0.476 e. The molecule has 3 aromatic rings. The third kappa shape index (κ3) is 5.01. The molecule has 2 N–H and O–H groups in total. The van der Waals surface area contributed by atoms with Gasteiger partial charge < -0.3 is 15.3 Å². The number of benzene rings is 1. The van der Waals surface area contributed by atoms with E-state index in [0.717, 1.165) is 5.56 Å². The number of piperazine rings is 1. The van der Waals surface area contributed by atoms with Crippen LogP contribution in [0.2, 0.25) is 5.15 Å². The lowest BCUT2D eigenvalue weighted by Gasteiger charge is -2.34. The van der Waals surface area contributed by atoms with Gasteiger partial charge in [0.05, 0.1) is 28.9 Å². The lowest BCUT2D eigenvalue weighted by Crippen LogP contribution is -2.49. The molecule has 0 aliphatic carbocycles. The molecule has 0 bridgehead atoms. The molecular formula is C23H27ClN6O5S. The fraction of sp³-hybridized carbons (Fsp3) is 0.391. The van der Waals surface area contributed by atoms with Crippen LogP contribution in [0.3, 0.4) is 0 Å². The summed E-state index contributed by atoms with van der Waals surface area (Å²) in [5, 5.41) is 13.2. The van der Waals surface area contributed by atoms with Crippen LogP contribution in [0.25, 0.3) is 10.9 Å². The summed E-state index contributed by atoms with van der Waals surface area (Å²) in [4.78, 5) is 35.7. The van der Waals surface area contributed by atoms with Crippen molar-refractivity contribution in [1.29, 1.82) is 0 Å². The molecule has 1 aromatic carbocycles. The van der Waals surface area contributed by atoms with E-state index in [1.165, 1.54) is 21.2 Å². The Kier molecular flexibility index (Phi) is 6.95. The number of aryl methyl sites for hydroxylation is 1. The van der Waals surface area contributed by atoms with Crippen molar-refractivity contribution in [3.05, 3.63) is 56.6 Å². The van der Waals surface area contributed by atoms with Gasteiger partial charge in [-0.15, -0.1) is 0 Å². The fourth-order valence-corrected chi connectivity index (χ4v) is 5.37. The Labute approximate surface area is 213 Å². The van der Waals surface area contributed by atoms with Crippen LogP contribution in [0.4, 0.5) is 11.6 Å². The standard InChI is InChI=1S/C23H27ClN6O5S/c1-13-11-15(14(2)25-17-5-6-18(24)26-20(17)22(32)33)19-16(12-13)21(31)28(3)23(27-19)29-7-9-30(10-8-29)36(4,34)35/h5-6,11-12,14,25H,7-10H2,1-4H3,(H,32,33)/t14-/m1/s1. The molecule has 0 spiro atoms. The highest BCUT2D eigenvalue weighted by atomic mass is 35.5. The van der Waals surface area contributed by atoms with Gasteiger partial charge in [-0.3, -0.25) is 9.36 Å². The minimum atomic E-state index is -3.30. The van der Waals surface area contributed by atoms with Gasteiger partial charge in [-0.2, -0.15) is 4.31 Å². The quantitative estimate of drug-likeness (QED) is 0.456. The summed E-state index contributed by atoms with van der Waals surface area (Å²) >= 11 is 5.88. The van der Waals surface area contributed by atoms with Crippen molar-refractivity contribution in [1.82, 2.24) is 18.8 Å². The van der Waals surface area contributed by atoms with Crippen LogP contribution in [0.1, 0.15) is 34.6 Å². The molecule has 11 nitrogen and oxygen atoms in total. The van der Waals surface area contributed by atoms with Crippen LogP contribution < -0.4 is 15.8 Å². The Morgan fingerprint density at radius 2 is 1.83 bits per heavy atom. The van der Waals surface area contributed by atoms with E-state index in [2.05, 4.69) is 10.3 Å². The number of aromatic carboxylic acids is 1. The molecular weight excluding hydrogens is 508 g/mol. The number of nitrogens with zero attached hydrogens (tertiary/aromatic N) is 5. The molecule has 1 fully saturated rings. The van der Waals surface area contributed by atoms with E-state index >= 15 is 0 Å². The number of hydrogen-bond donors (Lipinski definition) is 2. The molecule has 0 amide bonds. The highest BCUT2D eigenvalue weighted by Crippen LogP contribution is 2.29. The van der Waals surface area contributed by atoms with Gasteiger partial charge in [-0.25, -0.2) is 23.2 Å². The van der Waals surface area contributed by atoms with Crippen molar-refractivity contribution in [3.8, 4) is 0 Å². The normalized spacial score (nSPS) is 15.8. The third-order valence-electron chi connectivity index (χ3n) is 6.22. The molecule has 1 atom stereocenters. The number of rotatable bonds is 6. The first-order chi connectivity index (χ1) is 16.9. The van der Waals surface area contributed by atoms with Gasteiger partial charge in [0.1, 0.15) is 5.15 Å². The molecule has 0 unspecified atom stereocenters. The summed E-state index contributed by atoms with van der Waals surface area (Å²) in [6.45, 7) is 5.11. The molecule has 0 radical (unpaired) electrons. The maximum atomic E-state index is 13.3. The number of carbonyl (C=O) groups is 1. The Morgan fingerprint density at radius 3 is 2.44 bits per heavy atom. The maximum absolute atomic E-state index is 13.3. The van der Waals surface area contributed by atoms with Crippen LogP contribution in [0.15, 0.2) is 29.1 Å². The number of fused-ring (bicyclic) bond motifs is 1. The van der Waals surface area contributed by atoms with Gasteiger partial charge in [0.15, 0.2) is 5.69 Å². The van der Waals surface area contributed by atoms with E-state index < -0.39 is 22.0 Å². The van der Waals surface area contributed by atoms with Crippen molar-refractivity contribution in [2.45, 2.75) is 19.9 Å². The Balaban J connectivity index is 1.76. The van der Waals surface area contributed by atoms with Gasteiger partial charge in [-0.05, 0) is 37.6 Å². The summed E-state index contributed by atoms with van der Waals surface area (Å²) in [7, 11) is -1.65. The molecule has 2 aromatic heterocycles. The first-order valence-electron chi connectivity index (χ1n) is 11.2. The number of aromatic nitrogens is 3. The Hall–Kier alpha value is -3.22. The van der Waals surface area contributed by atoms with Gasteiger partial charge in [0.2, 0.25) is 16.0 Å². The summed E-state index contributed by atoms with van der Waals surface area (Å²) in [6, 6.07) is 6.30. The summed E-state index contributed by atoms with van der Waals surface area (Å²) < 4.78 is 26.7. The molecule has 4 rings (SSSR count). The monoisotopic (exact) mass is 534 g/mol. The second-order valence-electron chi connectivity index (χ2n) is 8.88. The Bertz CT molecular complexity index is 1520. The van der Waals surface area contributed by atoms with Crippen LogP contribution in [-0.4, -0.2) is 70.8 Å². The molecule has 1 aliphatic heterocycles. The predicted molar refractivity (Wildman–Crippen MR) is 139 cm³/mol. The summed E-state index contributed by atoms with van der Waals surface area (Å²) in [5.41, 5.74) is 1.91. The number of sulfonamides is 1. The molecule has 13 heteroatoms. The average molecular weight is 535 g/mol. The van der Waals surface area contributed by atoms with Gasteiger partial charge >= 0.3 is 5.97 Å². The summed E-state index contributed by atoms with van der Waals surface area (Å²) in [6.07, 6.45) is 1.18. The number of nitrogens with one attached hydrogen (secondary N) is 1. The molecule has 0 saturated carbocycles. The SMILES string of the molecule is Cc1cc([C@@H](C)Nc2ccc(Cl)nc2C(=O)O)c2nc(N3CCN(S(C)(=O)=O)CC3)n(C)c(=O)c2c1. The van der Waals surface area contributed by atoms with Crippen molar-refractivity contribution in [3.63, 3.8) is 0 Å². The van der Waals surface area contributed by atoms with Crippen LogP contribution in [0, 0.1) is 6.92 Å². The van der Waals surface area contributed by atoms with E-state index in [4.69, 9.17) is 16.6 Å². The Morgan fingerprint density at radius 1 is 1.17 bits per heavy atom. The van der Waals surface area contributed by atoms with E-state index in [1.54, 1.807) is 19.2 Å². The van der Waals surface area contributed by atoms with Crippen LogP contribution >= 0.6 is 11.6 Å². The lowest BCUT2D eigenvalue weighted by atomic mass is 10.0. The van der Waals surface area contributed by atoms with Crippen molar-refractivity contribution >= 4 is 50.1 Å². The topological polar surface area (TPSA) is 138 Å². The number of carboxylic acids is 1. The van der Waals surface area contributed by atoms with Crippen molar-refractivity contribution in [2.75, 3.05) is 42.7 Å². The molecule has 36 heavy (non-hydrogen) atoms. The second kappa shape index (κ2) is 9.68. The molecule has 3 heterocycles.